The van der Waals surface area contributed by atoms with Crippen LogP contribution in [0.4, 0.5) is 5.69 Å². The Hall–Kier alpha value is -1.78. The van der Waals surface area contributed by atoms with Crippen LogP contribution in [0.3, 0.4) is 0 Å². The molecule has 0 saturated carbocycles. The number of Topliss-reactive ketones (excluding diaryl/α,β-unsaturated/α-hetero) is 1. The number of hydrogen-bond donors (Lipinski definition) is 1. The molecule has 0 saturated heterocycles. The fourth-order valence-corrected chi connectivity index (χ4v) is 1.90. The maximum atomic E-state index is 11.8. The van der Waals surface area contributed by atoms with E-state index in [9.17, 15) is 9.59 Å². The molecule has 0 unspecified atom stereocenters. The highest BCUT2D eigenvalue weighted by Crippen LogP contribution is 2.06. The van der Waals surface area contributed by atoms with Crippen LogP contribution in [-0.2, 0) is 14.2 Å². The number of nitrogens with two attached hydrogens (primary N) is 1. The molecule has 0 amide bonds. The second-order valence-electron chi connectivity index (χ2n) is 4.59. The summed E-state index contributed by atoms with van der Waals surface area (Å²) in [6, 6.07) is 7.03. The molecule has 0 aliphatic heterocycles. The zero-order chi connectivity index (χ0) is 14.1. The first-order valence-electron chi connectivity index (χ1n) is 6.63. The fourth-order valence-electron chi connectivity index (χ4n) is 1.90. The lowest BCUT2D eigenvalue weighted by atomic mass is 9.57. The highest BCUT2D eigenvalue weighted by molar-refractivity contribution is 6.71. The summed E-state index contributed by atoms with van der Waals surface area (Å²) in [5.41, 5.74) is 7.04. The van der Waals surface area contributed by atoms with Gasteiger partial charge in [-0.3, -0.25) is 4.79 Å². The Morgan fingerprint density at radius 3 is 2.58 bits per heavy atom. The summed E-state index contributed by atoms with van der Waals surface area (Å²) in [5, 5.41) is 0. The summed E-state index contributed by atoms with van der Waals surface area (Å²) in [7, 11) is 0. The van der Waals surface area contributed by atoms with Crippen molar-refractivity contribution in [2.45, 2.75) is 38.9 Å². The Balaban J connectivity index is 2.59. The molecule has 1 rings (SSSR count). The Kier molecular flexibility index (Phi) is 6.72. The molecule has 0 atom stereocenters. The minimum absolute atomic E-state index is 0.122. The van der Waals surface area contributed by atoms with Crippen LogP contribution in [0.25, 0.3) is 0 Å². The summed E-state index contributed by atoms with van der Waals surface area (Å²) in [6.45, 7) is 1.98. The third-order valence-corrected chi connectivity index (χ3v) is 3.00. The topological polar surface area (TPSA) is 69.4 Å². The van der Waals surface area contributed by atoms with E-state index in [0.29, 0.717) is 18.6 Å². The van der Waals surface area contributed by atoms with Gasteiger partial charge in [-0.25, -0.2) is 0 Å². The number of rotatable bonds is 9. The summed E-state index contributed by atoms with van der Waals surface area (Å²) >= 11 is 0. The van der Waals surface area contributed by atoms with Gasteiger partial charge in [0.15, 0.2) is 0 Å². The molecule has 1 aromatic rings. The second-order valence-corrected chi connectivity index (χ2v) is 4.59. The zero-order valence-electron chi connectivity index (χ0n) is 11.3. The highest BCUT2D eigenvalue weighted by atomic mass is 16.5. The van der Waals surface area contributed by atoms with Gasteiger partial charge < -0.3 is 15.2 Å². The third-order valence-electron chi connectivity index (χ3n) is 3.00. The van der Waals surface area contributed by atoms with Gasteiger partial charge >= 0.3 is 6.92 Å². The van der Waals surface area contributed by atoms with Gasteiger partial charge in [0.1, 0.15) is 5.78 Å². The number of ketones is 1. The molecule has 0 heterocycles. The van der Waals surface area contributed by atoms with Crippen molar-refractivity contribution < 1.29 is 14.2 Å². The van der Waals surface area contributed by atoms with Gasteiger partial charge in [0.2, 0.25) is 0 Å². The first-order chi connectivity index (χ1) is 9.17. The number of hydrogen-bond acceptors (Lipinski definition) is 4. The van der Waals surface area contributed by atoms with Gasteiger partial charge in [-0.2, -0.15) is 0 Å². The molecule has 2 N–H and O–H groups in total. The smallest absolute Gasteiger partial charge is 0.402 e. The molecule has 0 spiro atoms. The van der Waals surface area contributed by atoms with E-state index < -0.39 is 6.92 Å². The van der Waals surface area contributed by atoms with Gasteiger partial charge in [-0.15, -0.1) is 0 Å². The first kappa shape index (κ1) is 15.3. The van der Waals surface area contributed by atoms with Gasteiger partial charge in [0.25, 0.3) is 6.47 Å². The molecular weight excluding hydrogens is 241 g/mol. The van der Waals surface area contributed by atoms with E-state index in [4.69, 9.17) is 10.4 Å². The van der Waals surface area contributed by atoms with Gasteiger partial charge in [-0.05, 0) is 24.0 Å². The van der Waals surface area contributed by atoms with Crippen LogP contribution < -0.4 is 11.2 Å². The Morgan fingerprint density at radius 1 is 1.32 bits per heavy atom. The molecule has 0 aliphatic rings. The molecule has 1 aromatic carbocycles. The van der Waals surface area contributed by atoms with Crippen LogP contribution in [-0.4, -0.2) is 19.2 Å². The number of carbonyl (C=O) groups is 2. The van der Waals surface area contributed by atoms with E-state index in [1.807, 2.05) is 0 Å². The largest absolute Gasteiger partial charge is 0.533 e. The van der Waals surface area contributed by atoms with E-state index in [1.165, 1.54) is 0 Å². The maximum absolute atomic E-state index is 11.8. The second kappa shape index (κ2) is 8.35. The minimum Gasteiger partial charge on any atom is -0.533 e. The average molecular weight is 261 g/mol. The number of benzene rings is 1. The number of carbonyl (C=O) groups excluding carboxylic acids is 2. The van der Waals surface area contributed by atoms with Crippen LogP contribution in [0, 0.1) is 0 Å². The predicted molar refractivity (Wildman–Crippen MR) is 77.3 cm³/mol. The van der Waals surface area contributed by atoms with Gasteiger partial charge in [-0.1, -0.05) is 31.9 Å². The highest BCUT2D eigenvalue weighted by Gasteiger charge is 2.23. The Labute approximate surface area is 114 Å². The number of unbranched alkanes of at least 4 members (excludes halogenated alkanes) is 2. The Morgan fingerprint density at radius 2 is 2.00 bits per heavy atom. The van der Waals surface area contributed by atoms with Crippen molar-refractivity contribution in [3.05, 3.63) is 24.3 Å². The molecule has 0 fully saturated rings. The molecule has 0 aliphatic carbocycles. The minimum atomic E-state index is -0.507. The number of anilines is 1. The molecule has 0 radical (unpaired) electrons. The predicted octanol–water partition coefficient (Wildman–Crippen LogP) is 1.79. The van der Waals surface area contributed by atoms with Crippen LogP contribution in [0.5, 0.6) is 0 Å². The average Bonchev–Trinajstić information content (AvgIpc) is 2.39. The molecule has 0 aromatic heterocycles. The number of nitrogen functional groups attached to an aromatic ring is 1. The summed E-state index contributed by atoms with van der Waals surface area (Å²) in [5.74, 6) is 0.122. The van der Waals surface area contributed by atoms with Crippen molar-refractivity contribution in [3.63, 3.8) is 0 Å². The van der Waals surface area contributed by atoms with Crippen molar-refractivity contribution in [3.8, 4) is 0 Å². The lowest BCUT2D eigenvalue weighted by molar-refractivity contribution is -0.121. The van der Waals surface area contributed by atoms with Crippen LogP contribution in [0.1, 0.15) is 32.6 Å². The Bertz CT molecular complexity index is 406. The van der Waals surface area contributed by atoms with E-state index in [-0.39, 0.29) is 12.1 Å². The van der Waals surface area contributed by atoms with E-state index >= 15 is 0 Å². The van der Waals surface area contributed by atoms with E-state index in [2.05, 4.69) is 6.92 Å². The molecule has 5 heteroatoms. The summed E-state index contributed by atoms with van der Waals surface area (Å²) < 4.78 is 5.00. The molecule has 4 nitrogen and oxygen atoms in total. The first-order valence-corrected chi connectivity index (χ1v) is 6.63. The van der Waals surface area contributed by atoms with Crippen molar-refractivity contribution in [2.75, 3.05) is 5.73 Å². The third kappa shape index (κ3) is 5.59. The normalized spacial score (nSPS) is 9.95. The molecule has 102 valence electrons. The monoisotopic (exact) mass is 261 g/mol. The van der Waals surface area contributed by atoms with Crippen LogP contribution in [0.2, 0.25) is 6.32 Å². The van der Waals surface area contributed by atoms with Crippen molar-refractivity contribution in [1.29, 1.82) is 0 Å². The molecule has 19 heavy (non-hydrogen) atoms. The SMILES string of the molecule is CCCCCC(=O)CB(OC=O)c1ccc(N)cc1. The lowest BCUT2D eigenvalue weighted by Gasteiger charge is -2.11. The van der Waals surface area contributed by atoms with Crippen molar-refractivity contribution in [2.24, 2.45) is 0 Å². The standard InChI is InChI=1S/C14H20BNO3/c1-2-3-4-5-14(18)10-15(19-11-17)12-6-8-13(16)9-7-12/h6-9,11H,2-5,10,16H2,1H3. The summed E-state index contributed by atoms with van der Waals surface area (Å²) in [6.07, 6.45) is 3.80. The van der Waals surface area contributed by atoms with Crippen LogP contribution >= 0.6 is 0 Å². The lowest BCUT2D eigenvalue weighted by Crippen LogP contribution is -2.35. The molecular formula is C14H20BNO3. The van der Waals surface area contributed by atoms with E-state index in [0.717, 1.165) is 24.7 Å². The van der Waals surface area contributed by atoms with Gasteiger partial charge in [0, 0.05) is 18.4 Å². The maximum Gasteiger partial charge on any atom is 0.402 e. The zero-order valence-corrected chi connectivity index (χ0v) is 11.3. The van der Waals surface area contributed by atoms with Gasteiger partial charge in [0.05, 0.1) is 0 Å². The fraction of sp³-hybridized carbons (Fsp3) is 0.429. The quantitative estimate of drug-likeness (QED) is 0.318. The van der Waals surface area contributed by atoms with E-state index in [1.54, 1.807) is 24.3 Å². The molecule has 0 bridgehead atoms. The van der Waals surface area contributed by atoms with Crippen molar-refractivity contribution >= 4 is 30.3 Å². The summed E-state index contributed by atoms with van der Waals surface area (Å²) in [4.78, 5) is 22.4. The van der Waals surface area contributed by atoms with Crippen molar-refractivity contribution in [1.82, 2.24) is 0 Å². The van der Waals surface area contributed by atoms with Crippen LogP contribution in [0.15, 0.2) is 24.3 Å².